The van der Waals surface area contributed by atoms with Crippen molar-refractivity contribution in [3.05, 3.63) is 48.4 Å². The summed E-state index contributed by atoms with van der Waals surface area (Å²) in [5, 5.41) is 5.94. The number of hydrogen-bond acceptors (Lipinski definition) is 6. The Balaban J connectivity index is 1.38. The molecule has 1 fully saturated rings. The zero-order valence-corrected chi connectivity index (χ0v) is 14.0. The van der Waals surface area contributed by atoms with Crippen LogP contribution in [0.2, 0.25) is 0 Å². The Bertz CT molecular complexity index is 658. The van der Waals surface area contributed by atoms with Crippen LogP contribution in [0.1, 0.15) is 23.2 Å². The minimum absolute atomic E-state index is 0.119. The molecular formula is C18H22N4O3. The molecule has 1 aliphatic rings. The van der Waals surface area contributed by atoms with Gasteiger partial charge in [0.25, 0.3) is 5.91 Å². The molecule has 2 heterocycles. The molecule has 7 heteroatoms. The number of benzene rings is 1. The molecule has 3 rings (SSSR count). The summed E-state index contributed by atoms with van der Waals surface area (Å²) in [6.45, 7) is 2.44. The fourth-order valence-corrected chi connectivity index (χ4v) is 2.53. The Morgan fingerprint density at radius 1 is 1.24 bits per heavy atom. The third kappa shape index (κ3) is 5.42. The highest BCUT2D eigenvalue weighted by Crippen LogP contribution is 2.16. The minimum Gasteiger partial charge on any atom is -0.491 e. The lowest BCUT2D eigenvalue weighted by atomic mass is 10.2. The summed E-state index contributed by atoms with van der Waals surface area (Å²) in [5.74, 6) is 1.31. The van der Waals surface area contributed by atoms with Crippen LogP contribution in [0.3, 0.4) is 0 Å². The number of ether oxygens (including phenoxy) is 2. The maximum Gasteiger partial charge on any atom is 0.251 e. The van der Waals surface area contributed by atoms with Crippen molar-refractivity contribution in [2.75, 3.05) is 31.6 Å². The molecule has 1 unspecified atom stereocenters. The quantitative estimate of drug-likeness (QED) is 0.713. The van der Waals surface area contributed by atoms with Crippen molar-refractivity contribution in [2.24, 2.45) is 0 Å². The Labute approximate surface area is 146 Å². The minimum atomic E-state index is -0.119. The molecule has 1 amide bonds. The van der Waals surface area contributed by atoms with Crippen LogP contribution in [0.25, 0.3) is 0 Å². The lowest BCUT2D eigenvalue weighted by Gasteiger charge is -2.12. The lowest BCUT2D eigenvalue weighted by molar-refractivity contribution is 0.0679. The largest absolute Gasteiger partial charge is 0.491 e. The average Bonchev–Trinajstić information content (AvgIpc) is 3.18. The SMILES string of the molecule is O=C(NCCNc1cnccn1)c1ccc(OCC2CCCO2)cc1. The Hall–Kier alpha value is -2.67. The summed E-state index contributed by atoms with van der Waals surface area (Å²) < 4.78 is 11.2. The molecule has 1 aromatic carbocycles. The topological polar surface area (TPSA) is 85.4 Å². The highest BCUT2D eigenvalue weighted by molar-refractivity contribution is 5.94. The first-order valence-electron chi connectivity index (χ1n) is 8.44. The average molecular weight is 342 g/mol. The Morgan fingerprint density at radius 2 is 2.12 bits per heavy atom. The van der Waals surface area contributed by atoms with Gasteiger partial charge in [-0.15, -0.1) is 0 Å². The van der Waals surface area contributed by atoms with Gasteiger partial charge in [-0.3, -0.25) is 9.78 Å². The van der Waals surface area contributed by atoms with Gasteiger partial charge in [0.05, 0.1) is 12.3 Å². The number of anilines is 1. The zero-order valence-electron chi connectivity index (χ0n) is 14.0. The molecule has 0 aliphatic carbocycles. The van der Waals surface area contributed by atoms with E-state index in [9.17, 15) is 4.79 Å². The fraction of sp³-hybridized carbons (Fsp3) is 0.389. The summed E-state index contributed by atoms with van der Waals surface area (Å²) in [6, 6.07) is 7.13. The Kier molecular flexibility index (Phi) is 6.17. The first kappa shape index (κ1) is 17.2. The molecule has 1 saturated heterocycles. The second-order valence-corrected chi connectivity index (χ2v) is 5.74. The number of amides is 1. The standard InChI is InChI=1S/C18H22N4O3/c23-18(22-10-9-21-17-12-19-7-8-20-17)14-3-5-15(6-4-14)25-13-16-2-1-11-24-16/h3-8,12,16H,1-2,9-11,13H2,(H,20,21)(H,22,23). The van der Waals surface area contributed by atoms with E-state index in [4.69, 9.17) is 9.47 Å². The number of rotatable bonds is 8. The lowest BCUT2D eigenvalue weighted by Crippen LogP contribution is -2.28. The molecule has 7 nitrogen and oxygen atoms in total. The van der Waals surface area contributed by atoms with Gasteiger partial charge >= 0.3 is 0 Å². The summed E-state index contributed by atoms with van der Waals surface area (Å²) in [4.78, 5) is 20.2. The molecule has 0 saturated carbocycles. The van der Waals surface area contributed by atoms with Crippen LogP contribution in [0.4, 0.5) is 5.82 Å². The van der Waals surface area contributed by atoms with Crippen LogP contribution in [0.15, 0.2) is 42.9 Å². The first-order chi connectivity index (χ1) is 12.3. The number of carbonyl (C=O) groups excluding carboxylic acids is 1. The van der Waals surface area contributed by atoms with Gasteiger partial charge in [0.2, 0.25) is 0 Å². The van der Waals surface area contributed by atoms with Crippen LogP contribution in [0.5, 0.6) is 5.75 Å². The number of nitrogens with zero attached hydrogens (tertiary/aromatic N) is 2. The van der Waals surface area contributed by atoms with Crippen molar-refractivity contribution in [1.82, 2.24) is 15.3 Å². The van der Waals surface area contributed by atoms with Crippen LogP contribution >= 0.6 is 0 Å². The van der Waals surface area contributed by atoms with Crippen molar-refractivity contribution in [3.63, 3.8) is 0 Å². The molecule has 132 valence electrons. The van der Waals surface area contributed by atoms with E-state index in [2.05, 4.69) is 20.6 Å². The molecule has 1 atom stereocenters. The van der Waals surface area contributed by atoms with Crippen molar-refractivity contribution in [1.29, 1.82) is 0 Å². The van der Waals surface area contributed by atoms with E-state index in [-0.39, 0.29) is 12.0 Å². The summed E-state index contributed by atoms with van der Waals surface area (Å²) >= 11 is 0. The Morgan fingerprint density at radius 3 is 2.84 bits per heavy atom. The van der Waals surface area contributed by atoms with Crippen molar-refractivity contribution in [2.45, 2.75) is 18.9 Å². The molecule has 1 aliphatic heterocycles. The van der Waals surface area contributed by atoms with Crippen molar-refractivity contribution >= 4 is 11.7 Å². The van der Waals surface area contributed by atoms with Gasteiger partial charge in [-0.1, -0.05) is 0 Å². The third-order valence-corrected chi connectivity index (χ3v) is 3.86. The normalized spacial score (nSPS) is 16.4. The van der Waals surface area contributed by atoms with Crippen LogP contribution < -0.4 is 15.4 Å². The zero-order chi connectivity index (χ0) is 17.3. The number of hydrogen-bond donors (Lipinski definition) is 2. The van der Waals surface area contributed by atoms with E-state index in [1.165, 1.54) is 0 Å². The molecule has 0 bridgehead atoms. The second-order valence-electron chi connectivity index (χ2n) is 5.74. The van der Waals surface area contributed by atoms with Gasteiger partial charge in [0.15, 0.2) is 0 Å². The molecular weight excluding hydrogens is 320 g/mol. The number of aromatic nitrogens is 2. The maximum atomic E-state index is 12.1. The highest BCUT2D eigenvalue weighted by Gasteiger charge is 2.16. The predicted octanol–water partition coefficient (Wildman–Crippen LogP) is 1.88. The molecule has 25 heavy (non-hydrogen) atoms. The van der Waals surface area contributed by atoms with Crippen molar-refractivity contribution in [3.8, 4) is 5.75 Å². The van der Waals surface area contributed by atoms with Crippen LogP contribution in [-0.2, 0) is 4.74 Å². The monoisotopic (exact) mass is 342 g/mol. The second kappa shape index (κ2) is 8.98. The first-order valence-corrected chi connectivity index (χ1v) is 8.44. The van der Waals surface area contributed by atoms with E-state index >= 15 is 0 Å². The number of carbonyl (C=O) groups is 1. The van der Waals surface area contributed by atoms with Gasteiger partial charge in [0.1, 0.15) is 18.2 Å². The van der Waals surface area contributed by atoms with Crippen LogP contribution in [-0.4, -0.2) is 48.3 Å². The van der Waals surface area contributed by atoms with E-state index in [1.807, 2.05) is 12.1 Å². The summed E-state index contributed by atoms with van der Waals surface area (Å²) in [6.07, 6.45) is 7.19. The number of nitrogens with one attached hydrogen (secondary N) is 2. The third-order valence-electron chi connectivity index (χ3n) is 3.86. The van der Waals surface area contributed by atoms with Gasteiger partial charge in [0, 0.05) is 37.7 Å². The summed E-state index contributed by atoms with van der Waals surface area (Å²) in [7, 11) is 0. The summed E-state index contributed by atoms with van der Waals surface area (Å²) in [5.41, 5.74) is 0.601. The molecule has 0 spiro atoms. The maximum absolute atomic E-state index is 12.1. The van der Waals surface area contributed by atoms with Gasteiger partial charge in [-0.2, -0.15) is 0 Å². The van der Waals surface area contributed by atoms with Gasteiger partial charge < -0.3 is 20.1 Å². The predicted molar refractivity (Wildman–Crippen MR) is 93.8 cm³/mol. The molecule has 2 N–H and O–H groups in total. The van der Waals surface area contributed by atoms with E-state index < -0.39 is 0 Å². The van der Waals surface area contributed by atoms with Crippen LogP contribution in [0, 0.1) is 0 Å². The fourth-order valence-electron chi connectivity index (χ4n) is 2.53. The van der Waals surface area contributed by atoms with E-state index in [0.29, 0.717) is 31.1 Å². The van der Waals surface area contributed by atoms with Gasteiger partial charge in [-0.25, -0.2) is 4.98 Å². The molecule has 0 radical (unpaired) electrons. The van der Waals surface area contributed by atoms with E-state index in [0.717, 1.165) is 25.2 Å². The highest BCUT2D eigenvalue weighted by atomic mass is 16.5. The molecule has 2 aromatic rings. The smallest absolute Gasteiger partial charge is 0.251 e. The van der Waals surface area contributed by atoms with Gasteiger partial charge in [-0.05, 0) is 37.1 Å². The van der Waals surface area contributed by atoms with E-state index in [1.54, 1.807) is 30.7 Å². The molecule has 1 aromatic heterocycles. The van der Waals surface area contributed by atoms with Crippen molar-refractivity contribution < 1.29 is 14.3 Å².